The third kappa shape index (κ3) is 7.60. The Bertz CT molecular complexity index is 1320. The topological polar surface area (TPSA) is 96.0 Å². The van der Waals surface area contributed by atoms with E-state index in [1.165, 1.54) is 24.1 Å². The fourth-order valence-electron chi connectivity index (χ4n) is 4.14. The van der Waals surface area contributed by atoms with Gasteiger partial charge in [0.15, 0.2) is 0 Å². The summed E-state index contributed by atoms with van der Waals surface area (Å²) in [4.78, 5) is 28.8. The van der Waals surface area contributed by atoms with E-state index >= 15 is 0 Å². The summed E-state index contributed by atoms with van der Waals surface area (Å²) < 4.78 is 33.9. The van der Waals surface area contributed by atoms with Crippen LogP contribution < -0.4 is 14.4 Å². The van der Waals surface area contributed by atoms with Gasteiger partial charge in [-0.1, -0.05) is 62.4 Å². The molecule has 0 fully saturated rings. The molecule has 9 heteroatoms. The summed E-state index contributed by atoms with van der Waals surface area (Å²) in [5.41, 5.74) is 1.15. The van der Waals surface area contributed by atoms with Gasteiger partial charge in [0.1, 0.15) is 18.3 Å². The summed E-state index contributed by atoms with van der Waals surface area (Å²) in [7, 11) is -2.58. The van der Waals surface area contributed by atoms with Gasteiger partial charge in [0.05, 0.1) is 17.7 Å². The van der Waals surface area contributed by atoms with Crippen molar-refractivity contribution in [3.05, 3.63) is 90.5 Å². The zero-order valence-corrected chi connectivity index (χ0v) is 23.7. The van der Waals surface area contributed by atoms with E-state index in [-0.39, 0.29) is 23.4 Å². The van der Waals surface area contributed by atoms with Crippen molar-refractivity contribution in [3.63, 3.8) is 0 Å². The normalized spacial score (nSPS) is 12.7. The van der Waals surface area contributed by atoms with Crippen LogP contribution in [0.2, 0.25) is 0 Å². The average Bonchev–Trinajstić information content (AvgIpc) is 2.96. The number of carbonyl (C=O) groups is 2. The van der Waals surface area contributed by atoms with Crippen LogP contribution >= 0.6 is 0 Å². The Labute approximate surface area is 231 Å². The molecule has 8 nitrogen and oxygen atoms in total. The molecular weight excluding hydrogens is 514 g/mol. The van der Waals surface area contributed by atoms with E-state index in [4.69, 9.17) is 4.74 Å². The molecule has 3 aromatic carbocycles. The maximum absolute atomic E-state index is 14.0. The summed E-state index contributed by atoms with van der Waals surface area (Å²) in [5.74, 6) is -0.195. The zero-order chi connectivity index (χ0) is 28.4. The Balaban J connectivity index is 2.03. The predicted octanol–water partition coefficient (Wildman–Crippen LogP) is 4.61. The number of methoxy groups -OCH3 is 1. The fourth-order valence-corrected chi connectivity index (χ4v) is 5.57. The number of ether oxygens (including phenoxy) is 1. The third-order valence-corrected chi connectivity index (χ3v) is 8.34. The molecule has 3 aromatic rings. The Morgan fingerprint density at radius 1 is 0.872 bits per heavy atom. The highest BCUT2D eigenvalue weighted by Crippen LogP contribution is 2.26. The van der Waals surface area contributed by atoms with Crippen molar-refractivity contribution < 1.29 is 22.7 Å². The van der Waals surface area contributed by atoms with E-state index in [2.05, 4.69) is 5.32 Å². The number of rotatable bonds is 13. The number of nitrogens with one attached hydrogen (secondary N) is 1. The lowest BCUT2D eigenvalue weighted by atomic mass is 10.1. The van der Waals surface area contributed by atoms with Crippen molar-refractivity contribution in [2.75, 3.05) is 18.0 Å². The minimum Gasteiger partial charge on any atom is -0.497 e. The number of nitrogens with zero attached hydrogens (tertiary/aromatic N) is 2. The molecule has 0 aliphatic carbocycles. The predicted molar refractivity (Wildman–Crippen MR) is 153 cm³/mol. The quantitative estimate of drug-likeness (QED) is 0.335. The molecule has 0 heterocycles. The number of hydrogen-bond donors (Lipinski definition) is 1. The molecule has 0 aliphatic rings. The van der Waals surface area contributed by atoms with Gasteiger partial charge in [0.25, 0.3) is 10.0 Å². The van der Waals surface area contributed by atoms with Crippen LogP contribution in [0.25, 0.3) is 0 Å². The first-order valence-corrected chi connectivity index (χ1v) is 14.5. The van der Waals surface area contributed by atoms with Gasteiger partial charge in [0, 0.05) is 12.6 Å². The van der Waals surface area contributed by atoms with Gasteiger partial charge >= 0.3 is 0 Å². The highest BCUT2D eigenvalue weighted by Gasteiger charge is 2.33. The molecule has 39 heavy (non-hydrogen) atoms. The number of hydrogen-bond acceptors (Lipinski definition) is 5. The zero-order valence-electron chi connectivity index (χ0n) is 22.9. The van der Waals surface area contributed by atoms with Gasteiger partial charge in [-0.3, -0.25) is 13.9 Å². The first-order chi connectivity index (χ1) is 18.7. The van der Waals surface area contributed by atoms with Gasteiger partial charge in [-0.15, -0.1) is 0 Å². The van der Waals surface area contributed by atoms with Crippen molar-refractivity contribution >= 4 is 27.5 Å². The number of carbonyl (C=O) groups excluding carboxylic acids is 2. The lowest BCUT2D eigenvalue weighted by Gasteiger charge is -2.33. The molecule has 1 N–H and O–H groups in total. The molecule has 0 unspecified atom stereocenters. The van der Waals surface area contributed by atoms with Crippen LogP contribution in [-0.2, 0) is 26.2 Å². The van der Waals surface area contributed by atoms with Crippen LogP contribution in [0.3, 0.4) is 0 Å². The fraction of sp³-hybridized carbons (Fsp3) is 0.333. The van der Waals surface area contributed by atoms with Crippen LogP contribution in [0.1, 0.15) is 39.2 Å². The lowest BCUT2D eigenvalue weighted by Crippen LogP contribution is -2.53. The standard InChI is InChI=1S/C30H37N3O5S/c1-5-23(3)31-30(35)28(6-2)32(21-24-13-9-7-10-14-24)29(34)22-33(25-17-19-26(38-4)20-18-25)39(36,37)27-15-11-8-12-16-27/h7-20,23,28H,5-6,21-22H2,1-4H3,(H,31,35)/t23-,28+/m1/s1. The Morgan fingerprint density at radius 3 is 2.00 bits per heavy atom. The van der Waals surface area contributed by atoms with E-state index < -0.39 is 28.5 Å². The highest BCUT2D eigenvalue weighted by molar-refractivity contribution is 7.92. The average molecular weight is 552 g/mol. The van der Waals surface area contributed by atoms with E-state index in [1.807, 2.05) is 51.1 Å². The van der Waals surface area contributed by atoms with Gasteiger partial charge < -0.3 is 15.0 Å². The first kappa shape index (κ1) is 29.7. The van der Waals surface area contributed by atoms with Crippen molar-refractivity contribution in [2.45, 2.75) is 57.1 Å². The molecule has 0 saturated carbocycles. The molecule has 0 spiro atoms. The molecule has 2 amide bonds. The molecule has 0 aliphatic heterocycles. The van der Waals surface area contributed by atoms with Gasteiger partial charge in [-0.2, -0.15) is 0 Å². The van der Waals surface area contributed by atoms with E-state index in [1.54, 1.807) is 42.5 Å². The Hall–Kier alpha value is -3.85. The van der Waals surface area contributed by atoms with Gasteiger partial charge in [-0.25, -0.2) is 8.42 Å². The summed E-state index contributed by atoms with van der Waals surface area (Å²) in [6, 6.07) is 23.0. The summed E-state index contributed by atoms with van der Waals surface area (Å²) in [5, 5.41) is 2.98. The largest absolute Gasteiger partial charge is 0.497 e. The Morgan fingerprint density at radius 2 is 1.46 bits per heavy atom. The monoisotopic (exact) mass is 551 g/mol. The van der Waals surface area contributed by atoms with E-state index in [0.717, 1.165) is 16.3 Å². The second-order valence-electron chi connectivity index (χ2n) is 9.27. The first-order valence-electron chi connectivity index (χ1n) is 13.1. The van der Waals surface area contributed by atoms with Gasteiger partial charge in [-0.05, 0) is 61.7 Å². The maximum Gasteiger partial charge on any atom is 0.264 e. The molecule has 0 aromatic heterocycles. The third-order valence-electron chi connectivity index (χ3n) is 6.55. The summed E-state index contributed by atoms with van der Waals surface area (Å²) in [6.45, 7) is 5.40. The SMILES string of the molecule is CC[C@@H](C)NC(=O)[C@H](CC)N(Cc1ccccc1)C(=O)CN(c1ccc(OC)cc1)S(=O)(=O)c1ccccc1. The Kier molecular flexibility index (Phi) is 10.5. The smallest absolute Gasteiger partial charge is 0.264 e. The number of amides is 2. The minimum atomic E-state index is -4.11. The second-order valence-corrected chi connectivity index (χ2v) is 11.1. The molecule has 0 bridgehead atoms. The van der Waals surface area contributed by atoms with Gasteiger partial charge in [0.2, 0.25) is 11.8 Å². The van der Waals surface area contributed by atoms with Crippen LogP contribution in [0.4, 0.5) is 5.69 Å². The number of sulfonamides is 1. The summed E-state index contributed by atoms with van der Waals surface area (Å²) >= 11 is 0. The van der Waals surface area contributed by atoms with Crippen molar-refractivity contribution in [1.29, 1.82) is 0 Å². The highest BCUT2D eigenvalue weighted by atomic mass is 32.2. The molecule has 2 atom stereocenters. The lowest BCUT2D eigenvalue weighted by molar-refractivity contribution is -0.140. The van der Waals surface area contributed by atoms with Crippen molar-refractivity contribution in [3.8, 4) is 5.75 Å². The van der Waals surface area contributed by atoms with Crippen LogP contribution in [0.15, 0.2) is 89.8 Å². The maximum atomic E-state index is 14.0. The van der Waals surface area contributed by atoms with Crippen LogP contribution in [0.5, 0.6) is 5.75 Å². The minimum absolute atomic E-state index is 0.0600. The van der Waals surface area contributed by atoms with Crippen molar-refractivity contribution in [2.24, 2.45) is 0 Å². The van der Waals surface area contributed by atoms with Crippen molar-refractivity contribution in [1.82, 2.24) is 10.2 Å². The van der Waals surface area contributed by atoms with Crippen LogP contribution in [-0.4, -0.2) is 50.9 Å². The molecule has 208 valence electrons. The second kappa shape index (κ2) is 13.8. The molecular formula is C30H37N3O5S. The number of anilines is 1. The number of benzene rings is 3. The molecule has 3 rings (SSSR count). The summed E-state index contributed by atoms with van der Waals surface area (Å²) in [6.07, 6.45) is 1.12. The van der Waals surface area contributed by atoms with E-state index in [9.17, 15) is 18.0 Å². The van der Waals surface area contributed by atoms with Crippen LogP contribution in [0, 0.1) is 0 Å². The molecule has 0 radical (unpaired) electrons. The molecule has 0 saturated heterocycles. The van der Waals surface area contributed by atoms with E-state index in [0.29, 0.717) is 17.9 Å².